The van der Waals surface area contributed by atoms with Gasteiger partial charge in [0.2, 0.25) is 0 Å². The van der Waals surface area contributed by atoms with Gasteiger partial charge in [-0.05, 0) is 6.92 Å². The minimum absolute atomic E-state index is 0.0445. The van der Waals surface area contributed by atoms with Crippen molar-refractivity contribution in [3.8, 4) is 0 Å². The Hall–Kier alpha value is -0.580. The van der Waals surface area contributed by atoms with Crippen molar-refractivity contribution >= 4 is 28.9 Å². The molecular weight excluding hydrogens is 211 g/mol. The monoisotopic (exact) mass is 220 g/mol. The second-order valence-corrected chi connectivity index (χ2v) is 3.47. The molecule has 0 saturated carbocycles. The van der Waals surface area contributed by atoms with Gasteiger partial charge in [-0.1, -0.05) is 23.2 Å². The lowest BCUT2D eigenvalue weighted by molar-refractivity contribution is 0.779. The average Bonchev–Trinajstić information content (AvgIpc) is 2.06. The standard InChI is InChI=1S/C7H10Cl2N4/c1-4(10)3-11-5-2-6(8)12-13-7(5)9/h2,4H,3,10H2,1H3,(H,11,12). The fourth-order valence-corrected chi connectivity index (χ4v) is 1.05. The maximum Gasteiger partial charge on any atom is 0.174 e. The van der Waals surface area contributed by atoms with Crippen LogP contribution in [0.4, 0.5) is 5.69 Å². The lowest BCUT2D eigenvalue weighted by atomic mass is 10.3. The molecule has 1 aromatic rings. The van der Waals surface area contributed by atoms with Crippen LogP contribution < -0.4 is 11.1 Å². The van der Waals surface area contributed by atoms with Crippen molar-refractivity contribution in [1.82, 2.24) is 10.2 Å². The molecule has 4 nitrogen and oxygen atoms in total. The second-order valence-electron chi connectivity index (χ2n) is 2.73. The summed E-state index contributed by atoms with van der Waals surface area (Å²) in [7, 11) is 0. The first-order chi connectivity index (χ1) is 6.09. The number of halogens is 2. The molecule has 0 radical (unpaired) electrons. The molecular formula is C7H10Cl2N4. The Kier molecular flexibility index (Phi) is 3.71. The van der Waals surface area contributed by atoms with E-state index in [2.05, 4.69) is 15.5 Å². The Morgan fingerprint density at radius 2 is 2.23 bits per heavy atom. The van der Waals surface area contributed by atoms with E-state index in [4.69, 9.17) is 28.9 Å². The first-order valence-corrected chi connectivity index (χ1v) is 4.53. The van der Waals surface area contributed by atoms with Crippen molar-refractivity contribution in [2.45, 2.75) is 13.0 Å². The first kappa shape index (κ1) is 10.5. The molecule has 0 spiro atoms. The van der Waals surface area contributed by atoms with Gasteiger partial charge in [-0.2, -0.15) is 0 Å². The molecule has 0 aromatic carbocycles. The van der Waals surface area contributed by atoms with Gasteiger partial charge in [0.1, 0.15) is 0 Å². The number of nitrogens with zero attached hydrogens (tertiary/aromatic N) is 2. The zero-order valence-electron chi connectivity index (χ0n) is 7.09. The molecule has 0 aliphatic rings. The van der Waals surface area contributed by atoms with Crippen LogP contribution in [-0.2, 0) is 0 Å². The summed E-state index contributed by atoms with van der Waals surface area (Å²) in [5.41, 5.74) is 6.21. The van der Waals surface area contributed by atoms with E-state index >= 15 is 0 Å². The predicted octanol–water partition coefficient (Wildman–Crippen LogP) is 1.54. The van der Waals surface area contributed by atoms with Crippen LogP contribution in [0.25, 0.3) is 0 Å². The van der Waals surface area contributed by atoms with Crippen LogP contribution >= 0.6 is 23.2 Å². The molecule has 1 heterocycles. The summed E-state index contributed by atoms with van der Waals surface area (Å²) in [5, 5.41) is 10.8. The highest BCUT2D eigenvalue weighted by Gasteiger charge is 2.03. The Morgan fingerprint density at radius 1 is 1.54 bits per heavy atom. The maximum absolute atomic E-state index is 5.74. The molecule has 13 heavy (non-hydrogen) atoms. The Bertz CT molecular complexity index is 290. The van der Waals surface area contributed by atoms with Gasteiger partial charge in [0.15, 0.2) is 10.3 Å². The van der Waals surface area contributed by atoms with E-state index in [-0.39, 0.29) is 6.04 Å². The fourth-order valence-electron chi connectivity index (χ4n) is 0.748. The van der Waals surface area contributed by atoms with E-state index < -0.39 is 0 Å². The average molecular weight is 221 g/mol. The number of aromatic nitrogens is 2. The van der Waals surface area contributed by atoms with E-state index in [1.807, 2.05) is 6.92 Å². The summed E-state index contributed by atoms with van der Waals surface area (Å²) in [5.74, 6) is 0. The largest absolute Gasteiger partial charge is 0.381 e. The summed E-state index contributed by atoms with van der Waals surface area (Å²) in [4.78, 5) is 0. The quantitative estimate of drug-likeness (QED) is 0.812. The number of anilines is 1. The van der Waals surface area contributed by atoms with Crippen molar-refractivity contribution in [3.05, 3.63) is 16.4 Å². The molecule has 1 aromatic heterocycles. The smallest absolute Gasteiger partial charge is 0.174 e. The third-order valence-corrected chi connectivity index (χ3v) is 1.80. The lowest BCUT2D eigenvalue weighted by Crippen LogP contribution is -2.25. The van der Waals surface area contributed by atoms with Crippen molar-refractivity contribution in [1.29, 1.82) is 0 Å². The van der Waals surface area contributed by atoms with Crippen LogP contribution in [0, 0.1) is 0 Å². The number of nitrogens with two attached hydrogens (primary N) is 1. The normalized spacial score (nSPS) is 12.6. The Labute approximate surface area is 86.4 Å². The van der Waals surface area contributed by atoms with Crippen LogP contribution in [0.5, 0.6) is 0 Å². The number of rotatable bonds is 3. The van der Waals surface area contributed by atoms with Crippen molar-refractivity contribution in [2.75, 3.05) is 11.9 Å². The fraction of sp³-hybridized carbons (Fsp3) is 0.429. The SMILES string of the molecule is CC(N)CNc1cc(Cl)nnc1Cl. The van der Waals surface area contributed by atoms with Gasteiger partial charge in [-0.15, -0.1) is 10.2 Å². The molecule has 72 valence electrons. The molecule has 0 amide bonds. The molecule has 0 aliphatic heterocycles. The van der Waals surface area contributed by atoms with Gasteiger partial charge in [0.25, 0.3) is 0 Å². The van der Waals surface area contributed by atoms with E-state index in [0.29, 0.717) is 22.5 Å². The van der Waals surface area contributed by atoms with Gasteiger partial charge in [0, 0.05) is 18.7 Å². The van der Waals surface area contributed by atoms with Crippen LogP contribution in [0.3, 0.4) is 0 Å². The molecule has 1 rings (SSSR count). The van der Waals surface area contributed by atoms with Crippen molar-refractivity contribution in [3.63, 3.8) is 0 Å². The Morgan fingerprint density at radius 3 is 2.85 bits per heavy atom. The second kappa shape index (κ2) is 4.60. The highest BCUT2D eigenvalue weighted by Crippen LogP contribution is 2.20. The maximum atomic E-state index is 5.74. The molecule has 0 bridgehead atoms. The highest BCUT2D eigenvalue weighted by atomic mass is 35.5. The zero-order valence-corrected chi connectivity index (χ0v) is 8.60. The lowest BCUT2D eigenvalue weighted by Gasteiger charge is -2.09. The third kappa shape index (κ3) is 3.34. The number of nitrogens with one attached hydrogen (secondary N) is 1. The summed E-state index contributed by atoms with van der Waals surface area (Å²) in [6.45, 7) is 2.50. The van der Waals surface area contributed by atoms with Crippen LogP contribution in [0.15, 0.2) is 6.07 Å². The molecule has 6 heteroatoms. The highest BCUT2D eigenvalue weighted by molar-refractivity contribution is 6.33. The van der Waals surface area contributed by atoms with Gasteiger partial charge in [0.05, 0.1) is 5.69 Å². The minimum Gasteiger partial charge on any atom is -0.381 e. The molecule has 0 saturated heterocycles. The van der Waals surface area contributed by atoms with Crippen molar-refractivity contribution in [2.24, 2.45) is 5.73 Å². The summed E-state index contributed by atoms with van der Waals surface area (Å²) in [6.07, 6.45) is 0. The zero-order chi connectivity index (χ0) is 9.84. The van der Waals surface area contributed by atoms with Crippen LogP contribution in [0.2, 0.25) is 10.3 Å². The summed E-state index contributed by atoms with van der Waals surface area (Å²) < 4.78 is 0. The summed E-state index contributed by atoms with van der Waals surface area (Å²) >= 11 is 11.4. The van der Waals surface area contributed by atoms with E-state index in [0.717, 1.165) is 0 Å². The summed E-state index contributed by atoms with van der Waals surface area (Å²) in [6, 6.07) is 1.65. The first-order valence-electron chi connectivity index (χ1n) is 3.78. The van der Waals surface area contributed by atoms with E-state index in [1.165, 1.54) is 0 Å². The number of hydrogen-bond acceptors (Lipinski definition) is 4. The Balaban J connectivity index is 2.70. The van der Waals surface area contributed by atoms with Gasteiger partial charge in [-0.25, -0.2) is 0 Å². The predicted molar refractivity (Wildman–Crippen MR) is 54.2 cm³/mol. The van der Waals surface area contributed by atoms with Crippen LogP contribution in [-0.4, -0.2) is 22.8 Å². The van der Waals surface area contributed by atoms with Gasteiger partial charge < -0.3 is 11.1 Å². The van der Waals surface area contributed by atoms with Gasteiger partial charge in [-0.3, -0.25) is 0 Å². The van der Waals surface area contributed by atoms with E-state index in [9.17, 15) is 0 Å². The molecule has 1 unspecified atom stereocenters. The van der Waals surface area contributed by atoms with Crippen LogP contribution in [0.1, 0.15) is 6.92 Å². The molecule has 1 atom stereocenters. The minimum atomic E-state index is 0.0445. The molecule has 3 N–H and O–H groups in total. The van der Waals surface area contributed by atoms with Crippen molar-refractivity contribution < 1.29 is 0 Å². The topological polar surface area (TPSA) is 63.8 Å². The molecule has 0 aliphatic carbocycles. The molecule has 0 fully saturated rings. The number of hydrogen-bond donors (Lipinski definition) is 2. The third-order valence-electron chi connectivity index (χ3n) is 1.33. The van der Waals surface area contributed by atoms with Gasteiger partial charge >= 0.3 is 0 Å². The van der Waals surface area contributed by atoms with E-state index in [1.54, 1.807) is 6.07 Å².